The summed E-state index contributed by atoms with van der Waals surface area (Å²) in [6.45, 7) is 5.25. The van der Waals surface area contributed by atoms with Gasteiger partial charge in [-0.3, -0.25) is 0 Å². The van der Waals surface area contributed by atoms with E-state index in [1.54, 1.807) is 13.0 Å². The van der Waals surface area contributed by atoms with Crippen LogP contribution < -0.4 is 10.0 Å². The third-order valence-corrected chi connectivity index (χ3v) is 5.49. The van der Waals surface area contributed by atoms with Crippen molar-refractivity contribution >= 4 is 10.0 Å². The zero-order chi connectivity index (χ0) is 15.3. The number of rotatable bonds is 7. The fourth-order valence-electron chi connectivity index (χ4n) is 2.77. The van der Waals surface area contributed by atoms with E-state index in [4.69, 9.17) is 4.42 Å². The molecule has 120 valence electrons. The molecule has 0 aromatic carbocycles. The highest BCUT2D eigenvalue weighted by molar-refractivity contribution is 7.89. The summed E-state index contributed by atoms with van der Waals surface area (Å²) in [5, 5.41) is 3.22. The Labute approximate surface area is 127 Å². The molecule has 1 saturated carbocycles. The Balaban J connectivity index is 2.04. The molecule has 6 heteroatoms. The van der Waals surface area contributed by atoms with Gasteiger partial charge in [0, 0.05) is 12.1 Å². The minimum absolute atomic E-state index is 0.0692. The predicted molar refractivity (Wildman–Crippen MR) is 82.6 cm³/mol. The standard InChI is InChI=1S/C15H26N2O3S/c1-3-9-16-11-14-10-15(12(2)20-14)21(18,19)17-13-7-5-4-6-8-13/h10,13,16-17H,3-9,11H2,1-2H3. The number of sulfonamides is 1. The Bertz CT molecular complexity index is 545. The highest BCUT2D eigenvalue weighted by Crippen LogP contribution is 2.23. The van der Waals surface area contributed by atoms with Gasteiger partial charge in [-0.1, -0.05) is 26.2 Å². The summed E-state index contributed by atoms with van der Waals surface area (Å²) in [5.41, 5.74) is 0. The highest BCUT2D eigenvalue weighted by Gasteiger charge is 2.25. The molecule has 1 fully saturated rings. The normalized spacial score (nSPS) is 17.2. The monoisotopic (exact) mass is 314 g/mol. The van der Waals surface area contributed by atoms with Gasteiger partial charge in [0.2, 0.25) is 10.0 Å². The molecule has 0 amide bonds. The molecule has 2 N–H and O–H groups in total. The zero-order valence-corrected chi connectivity index (χ0v) is 13.8. The molecule has 1 aromatic rings. The lowest BCUT2D eigenvalue weighted by Crippen LogP contribution is -2.36. The summed E-state index contributed by atoms with van der Waals surface area (Å²) in [4.78, 5) is 0.279. The van der Waals surface area contributed by atoms with Gasteiger partial charge < -0.3 is 9.73 Å². The molecule has 1 aromatic heterocycles. The van der Waals surface area contributed by atoms with Gasteiger partial charge in [-0.15, -0.1) is 0 Å². The second-order valence-electron chi connectivity index (χ2n) is 5.77. The van der Waals surface area contributed by atoms with E-state index in [1.165, 1.54) is 6.42 Å². The molecule has 21 heavy (non-hydrogen) atoms. The van der Waals surface area contributed by atoms with Crippen molar-refractivity contribution in [2.45, 2.75) is 69.9 Å². The van der Waals surface area contributed by atoms with Crippen LogP contribution in [0.4, 0.5) is 0 Å². The maximum atomic E-state index is 12.5. The number of hydrogen-bond donors (Lipinski definition) is 2. The molecule has 1 aliphatic carbocycles. The number of furan rings is 1. The van der Waals surface area contributed by atoms with Crippen LogP contribution in [-0.4, -0.2) is 21.0 Å². The Morgan fingerprint density at radius 2 is 2.00 bits per heavy atom. The average molecular weight is 314 g/mol. The van der Waals surface area contributed by atoms with Crippen LogP contribution in [0.25, 0.3) is 0 Å². The Hall–Kier alpha value is -0.850. The summed E-state index contributed by atoms with van der Waals surface area (Å²) in [7, 11) is -3.47. The van der Waals surface area contributed by atoms with Crippen LogP contribution in [0.5, 0.6) is 0 Å². The van der Waals surface area contributed by atoms with Crippen LogP contribution in [0.3, 0.4) is 0 Å². The first-order chi connectivity index (χ1) is 10.0. The van der Waals surface area contributed by atoms with E-state index in [0.29, 0.717) is 18.1 Å². The van der Waals surface area contributed by atoms with Crippen molar-refractivity contribution in [3.05, 3.63) is 17.6 Å². The molecule has 0 atom stereocenters. The van der Waals surface area contributed by atoms with E-state index in [0.717, 1.165) is 38.6 Å². The quantitative estimate of drug-likeness (QED) is 0.759. The van der Waals surface area contributed by atoms with Crippen molar-refractivity contribution < 1.29 is 12.8 Å². The molecule has 1 aliphatic rings. The molecule has 1 heterocycles. The van der Waals surface area contributed by atoms with Crippen molar-refractivity contribution in [2.24, 2.45) is 0 Å². The molecule has 5 nitrogen and oxygen atoms in total. The van der Waals surface area contributed by atoms with Crippen LogP contribution in [0, 0.1) is 6.92 Å². The van der Waals surface area contributed by atoms with Crippen molar-refractivity contribution in [1.29, 1.82) is 0 Å². The van der Waals surface area contributed by atoms with Gasteiger partial charge in [0.1, 0.15) is 16.4 Å². The Kier molecular flexibility index (Phi) is 5.84. The van der Waals surface area contributed by atoms with Gasteiger partial charge in [-0.2, -0.15) is 0 Å². The maximum Gasteiger partial charge on any atom is 0.244 e. The lowest BCUT2D eigenvalue weighted by Gasteiger charge is -2.22. The van der Waals surface area contributed by atoms with Gasteiger partial charge in [-0.25, -0.2) is 13.1 Å². The molecule has 0 saturated heterocycles. The third kappa shape index (κ3) is 4.56. The first-order valence-electron chi connectivity index (χ1n) is 7.85. The van der Waals surface area contributed by atoms with Crippen molar-refractivity contribution in [2.75, 3.05) is 6.54 Å². The fraction of sp³-hybridized carbons (Fsp3) is 0.733. The Morgan fingerprint density at radius 3 is 2.67 bits per heavy atom. The van der Waals surface area contributed by atoms with Gasteiger partial charge >= 0.3 is 0 Å². The topological polar surface area (TPSA) is 71.3 Å². The minimum atomic E-state index is -3.47. The molecule has 2 rings (SSSR count). The molecule has 0 spiro atoms. The first-order valence-corrected chi connectivity index (χ1v) is 9.33. The molecule has 0 radical (unpaired) electrons. The smallest absolute Gasteiger partial charge is 0.244 e. The Morgan fingerprint density at radius 1 is 1.29 bits per heavy atom. The maximum absolute atomic E-state index is 12.5. The van der Waals surface area contributed by atoms with Gasteiger partial charge in [-0.05, 0) is 32.7 Å². The molecular weight excluding hydrogens is 288 g/mol. The SMILES string of the molecule is CCCNCc1cc(S(=O)(=O)NC2CCCCC2)c(C)o1. The number of hydrogen-bond acceptors (Lipinski definition) is 4. The van der Waals surface area contributed by atoms with E-state index in [2.05, 4.69) is 17.0 Å². The average Bonchev–Trinajstić information content (AvgIpc) is 2.82. The second kappa shape index (κ2) is 7.42. The zero-order valence-electron chi connectivity index (χ0n) is 12.9. The largest absolute Gasteiger partial charge is 0.464 e. The summed E-state index contributed by atoms with van der Waals surface area (Å²) in [6.07, 6.45) is 6.31. The van der Waals surface area contributed by atoms with Gasteiger partial charge in [0.05, 0.1) is 6.54 Å². The molecular formula is C15H26N2O3S. The van der Waals surface area contributed by atoms with E-state index in [1.807, 2.05) is 0 Å². The highest BCUT2D eigenvalue weighted by atomic mass is 32.2. The van der Waals surface area contributed by atoms with Crippen LogP contribution in [0.2, 0.25) is 0 Å². The lowest BCUT2D eigenvalue weighted by atomic mass is 9.96. The van der Waals surface area contributed by atoms with E-state index in [9.17, 15) is 8.42 Å². The van der Waals surface area contributed by atoms with Crippen molar-refractivity contribution in [1.82, 2.24) is 10.0 Å². The minimum Gasteiger partial charge on any atom is -0.464 e. The molecule has 0 unspecified atom stereocenters. The summed E-state index contributed by atoms with van der Waals surface area (Å²) in [5.74, 6) is 1.14. The summed E-state index contributed by atoms with van der Waals surface area (Å²) >= 11 is 0. The van der Waals surface area contributed by atoms with Crippen LogP contribution in [0.1, 0.15) is 57.0 Å². The number of nitrogens with one attached hydrogen (secondary N) is 2. The van der Waals surface area contributed by atoms with E-state index < -0.39 is 10.0 Å². The van der Waals surface area contributed by atoms with E-state index in [-0.39, 0.29) is 10.9 Å². The molecule has 0 bridgehead atoms. The van der Waals surface area contributed by atoms with Crippen LogP contribution in [-0.2, 0) is 16.6 Å². The van der Waals surface area contributed by atoms with E-state index >= 15 is 0 Å². The van der Waals surface area contributed by atoms with Gasteiger partial charge in [0.25, 0.3) is 0 Å². The van der Waals surface area contributed by atoms with Crippen LogP contribution >= 0.6 is 0 Å². The third-order valence-electron chi connectivity index (χ3n) is 3.87. The fourth-order valence-corrected chi connectivity index (χ4v) is 4.28. The summed E-state index contributed by atoms with van der Waals surface area (Å²) < 4.78 is 33.3. The van der Waals surface area contributed by atoms with Gasteiger partial charge in [0.15, 0.2) is 0 Å². The predicted octanol–water partition coefficient (Wildman–Crippen LogP) is 2.70. The first kappa shape index (κ1) is 16.5. The van der Waals surface area contributed by atoms with Crippen molar-refractivity contribution in [3.8, 4) is 0 Å². The second-order valence-corrected chi connectivity index (χ2v) is 7.45. The van der Waals surface area contributed by atoms with Crippen molar-refractivity contribution in [3.63, 3.8) is 0 Å². The summed E-state index contributed by atoms with van der Waals surface area (Å²) in [6, 6.07) is 1.71. The lowest BCUT2D eigenvalue weighted by molar-refractivity contribution is 0.411. The number of aryl methyl sites for hydroxylation is 1. The van der Waals surface area contributed by atoms with Crippen LogP contribution in [0.15, 0.2) is 15.4 Å². The molecule has 0 aliphatic heterocycles.